The number of amides is 1. The van der Waals surface area contributed by atoms with Crippen molar-refractivity contribution in [2.45, 2.75) is 53.2 Å². The lowest BCUT2D eigenvalue weighted by Gasteiger charge is -2.36. The first-order valence-electron chi connectivity index (χ1n) is 15.5. The Balaban J connectivity index is 1.23. The zero-order valence-electron chi connectivity index (χ0n) is 27.0. The number of hydrogen-bond acceptors (Lipinski definition) is 7. The van der Waals surface area contributed by atoms with E-state index in [4.69, 9.17) is 9.84 Å². The summed E-state index contributed by atoms with van der Waals surface area (Å²) < 4.78 is 9.77. The SMILES string of the molecule is C=C(/C=C\N(C)C(C)C)Cn1nc(C)c2c(NC(=O)c3cnc4cc(OCCN5CCN(C(C)C)CC5)ccn34)cccc21. The van der Waals surface area contributed by atoms with Crippen molar-refractivity contribution in [3.8, 4) is 5.75 Å². The van der Waals surface area contributed by atoms with Crippen molar-refractivity contribution in [3.05, 3.63) is 78.5 Å². The van der Waals surface area contributed by atoms with E-state index in [0.29, 0.717) is 42.3 Å². The van der Waals surface area contributed by atoms with Crippen LogP contribution < -0.4 is 10.1 Å². The number of aromatic nitrogens is 4. The lowest BCUT2D eigenvalue weighted by atomic mass is 10.1. The summed E-state index contributed by atoms with van der Waals surface area (Å²) in [5.41, 5.74) is 4.54. The highest BCUT2D eigenvalue weighted by Gasteiger charge is 2.19. The van der Waals surface area contributed by atoms with Crippen LogP contribution in [0.5, 0.6) is 5.75 Å². The first-order chi connectivity index (χ1) is 21.1. The summed E-state index contributed by atoms with van der Waals surface area (Å²) >= 11 is 0. The number of rotatable bonds is 12. The summed E-state index contributed by atoms with van der Waals surface area (Å²) in [6.07, 6.45) is 7.50. The van der Waals surface area contributed by atoms with Crippen LogP contribution in [0.1, 0.15) is 43.9 Å². The van der Waals surface area contributed by atoms with Crippen LogP contribution >= 0.6 is 0 Å². The predicted molar refractivity (Wildman–Crippen MR) is 177 cm³/mol. The van der Waals surface area contributed by atoms with E-state index in [1.54, 1.807) is 10.6 Å². The summed E-state index contributed by atoms with van der Waals surface area (Å²) in [5, 5.41) is 8.77. The van der Waals surface area contributed by atoms with Crippen LogP contribution in [-0.4, -0.2) is 98.2 Å². The molecule has 5 rings (SSSR count). The molecule has 10 nitrogen and oxygen atoms in total. The summed E-state index contributed by atoms with van der Waals surface area (Å²) in [6, 6.07) is 10.6. The molecule has 1 saturated heterocycles. The van der Waals surface area contributed by atoms with Crippen molar-refractivity contribution in [2.24, 2.45) is 0 Å². The highest BCUT2D eigenvalue weighted by molar-refractivity contribution is 6.08. The van der Waals surface area contributed by atoms with Crippen LogP contribution in [0.15, 0.2) is 67.2 Å². The van der Waals surface area contributed by atoms with Crippen molar-refractivity contribution in [2.75, 3.05) is 51.7 Å². The molecule has 10 heteroatoms. The summed E-state index contributed by atoms with van der Waals surface area (Å²) in [6.45, 7) is 21.4. The summed E-state index contributed by atoms with van der Waals surface area (Å²) in [4.78, 5) is 25.0. The average Bonchev–Trinajstić information content (AvgIpc) is 3.57. The molecule has 234 valence electrons. The number of nitrogens with zero attached hydrogens (tertiary/aromatic N) is 7. The van der Waals surface area contributed by atoms with Gasteiger partial charge in [0.05, 0.1) is 29.6 Å². The maximum Gasteiger partial charge on any atom is 0.274 e. The Hall–Kier alpha value is -4.15. The van der Waals surface area contributed by atoms with Gasteiger partial charge >= 0.3 is 0 Å². The molecule has 3 aromatic heterocycles. The molecule has 44 heavy (non-hydrogen) atoms. The third kappa shape index (κ3) is 7.14. The molecule has 0 saturated carbocycles. The lowest BCUT2D eigenvalue weighted by molar-refractivity contribution is 0.0971. The fourth-order valence-electron chi connectivity index (χ4n) is 5.49. The normalized spacial score (nSPS) is 14.8. The van der Waals surface area contributed by atoms with Gasteiger partial charge in [-0.05, 0) is 70.7 Å². The van der Waals surface area contributed by atoms with Crippen molar-refractivity contribution >= 4 is 28.1 Å². The number of benzene rings is 1. The molecule has 4 aromatic rings. The number of carbonyl (C=O) groups is 1. The van der Waals surface area contributed by atoms with Crippen LogP contribution in [0.2, 0.25) is 0 Å². The fraction of sp³-hybridized carbons (Fsp3) is 0.441. The van der Waals surface area contributed by atoms with Crippen LogP contribution in [0, 0.1) is 6.92 Å². The second kappa shape index (κ2) is 13.7. The number of anilines is 1. The molecule has 0 radical (unpaired) electrons. The maximum atomic E-state index is 13.5. The Kier molecular flexibility index (Phi) is 9.71. The highest BCUT2D eigenvalue weighted by Crippen LogP contribution is 2.28. The largest absolute Gasteiger partial charge is 0.492 e. The van der Waals surface area contributed by atoms with Gasteiger partial charge in [-0.3, -0.25) is 23.7 Å². The van der Waals surface area contributed by atoms with Gasteiger partial charge in [-0.1, -0.05) is 12.6 Å². The van der Waals surface area contributed by atoms with Crippen LogP contribution in [0.4, 0.5) is 5.69 Å². The number of piperazine rings is 1. The molecular weight excluding hydrogens is 552 g/mol. The number of carbonyl (C=O) groups excluding carboxylic acids is 1. The highest BCUT2D eigenvalue weighted by atomic mass is 16.5. The van der Waals surface area contributed by atoms with Gasteiger partial charge in [0.25, 0.3) is 5.91 Å². The van der Waals surface area contributed by atoms with E-state index >= 15 is 0 Å². The first kappa shape index (κ1) is 31.3. The van der Waals surface area contributed by atoms with Gasteiger partial charge in [0.1, 0.15) is 23.7 Å². The first-order valence-corrected chi connectivity index (χ1v) is 15.5. The van der Waals surface area contributed by atoms with E-state index in [0.717, 1.165) is 60.6 Å². The molecule has 0 unspecified atom stereocenters. The summed E-state index contributed by atoms with van der Waals surface area (Å²) in [5.74, 6) is 0.506. The van der Waals surface area contributed by atoms with Gasteiger partial charge in [-0.2, -0.15) is 5.10 Å². The topological polar surface area (TPSA) is 83.2 Å². The number of fused-ring (bicyclic) bond motifs is 2. The Labute approximate surface area is 260 Å². The molecule has 0 aliphatic carbocycles. The van der Waals surface area contributed by atoms with Gasteiger partial charge < -0.3 is 15.0 Å². The van der Waals surface area contributed by atoms with E-state index in [1.807, 2.05) is 67.5 Å². The molecule has 1 aliphatic heterocycles. The molecule has 4 heterocycles. The molecule has 1 aliphatic rings. The van der Waals surface area contributed by atoms with E-state index < -0.39 is 0 Å². The molecule has 1 aromatic carbocycles. The maximum absolute atomic E-state index is 13.5. The third-order valence-electron chi connectivity index (χ3n) is 8.44. The Morgan fingerprint density at radius 3 is 2.66 bits per heavy atom. The van der Waals surface area contributed by atoms with Gasteiger partial charge in [0, 0.05) is 69.5 Å². The van der Waals surface area contributed by atoms with Crippen molar-refractivity contribution in [1.82, 2.24) is 33.9 Å². The minimum Gasteiger partial charge on any atom is -0.492 e. The fourth-order valence-corrected chi connectivity index (χ4v) is 5.49. The Bertz CT molecular complexity index is 1640. The number of ether oxygens (including phenoxy) is 1. The molecule has 0 bridgehead atoms. The van der Waals surface area contributed by atoms with Gasteiger partial charge in [-0.25, -0.2) is 4.98 Å². The van der Waals surface area contributed by atoms with Gasteiger partial charge in [-0.15, -0.1) is 0 Å². The molecule has 1 fully saturated rings. The predicted octanol–water partition coefficient (Wildman–Crippen LogP) is 5.06. The standard InChI is InChI=1S/C34H46N8O2/c1-24(2)38(7)13-11-26(5)23-42-30-10-8-9-29(33(30)27(6)37-42)36-34(43)31-22-35-32-21-28(12-14-41(31)32)44-20-19-39-15-17-40(18-16-39)25(3)4/h8-14,21-22,24-25H,5,15-20,23H2,1-4,6-7H3,(H,36,43)/b13-11-. The minimum atomic E-state index is -0.240. The van der Waals surface area contributed by atoms with E-state index in [9.17, 15) is 4.79 Å². The Morgan fingerprint density at radius 1 is 1.16 bits per heavy atom. The van der Waals surface area contributed by atoms with Crippen LogP contribution in [-0.2, 0) is 6.54 Å². The Morgan fingerprint density at radius 2 is 1.93 bits per heavy atom. The number of imidazole rings is 1. The molecule has 0 spiro atoms. The number of pyridine rings is 1. The quantitative estimate of drug-likeness (QED) is 0.228. The van der Waals surface area contributed by atoms with E-state index in [1.165, 1.54) is 0 Å². The van der Waals surface area contributed by atoms with Crippen molar-refractivity contribution in [3.63, 3.8) is 0 Å². The summed E-state index contributed by atoms with van der Waals surface area (Å²) in [7, 11) is 2.05. The smallest absolute Gasteiger partial charge is 0.274 e. The second-order valence-corrected chi connectivity index (χ2v) is 12.2. The number of allylic oxidation sites excluding steroid dienone is 2. The van der Waals surface area contributed by atoms with Crippen LogP contribution in [0.3, 0.4) is 0 Å². The van der Waals surface area contributed by atoms with E-state index in [2.05, 4.69) is 59.3 Å². The molecular formula is C34H46N8O2. The molecule has 0 atom stereocenters. The number of nitrogens with one attached hydrogen (secondary N) is 1. The monoisotopic (exact) mass is 598 g/mol. The van der Waals surface area contributed by atoms with Gasteiger partial charge in [0.15, 0.2) is 0 Å². The minimum absolute atomic E-state index is 0.240. The van der Waals surface area contributed by atoms with Crippen molar-refractivity contribution < 1.29 is 9.53 Å². The number of aryl methyl sites for hydroxylation is 1. The third-order valence-corrected chi connectivity index (χ3v) is 8.44. The lowest BCUT2D eigenvalue weighted by Crippen LogP contribution is -2.49. The number of hydrogen-bond donors (Lipinski definition) is 1. The second-order valence-electron chi connectivity index (χ2n) is 12.2. The van der Waals surface area contributed by atoms with Crippen molar-refractivity contribution in [1.29, 1.82) is 0 Å². The molecule has 1 amide bonds. The molecule has 1 N–H and O–H groups in total. The zero-order valence-corrected chi connectivity index (χ0v) is 27.0. The average molecular weight is 599 g/mol. The van der Waals surface area contributed by atoms with Crippen LogP contribution in [0.25, 0.3) is 16.6 Å². The zero-order chi connectivity index (χ0) is 31.4. The van der Waals surface area contributed by atoms with E-state index in [-0.39, 0.29) is 5.91 Å². The van der Waals surface area contributed by atoms with Gasteiger partial charge in [0.2, 0.25) is 0 Å².